The van der Waals surface area contributed by atoms with Crippen molar-refractivity contribution in [3.63, 3.8) is 0 Å². The minimum Gasteiger partial charge on any atom is -0.523 e. The van der Waals surface area contributed by atoms with Gasteiger partial charge in [0.15, 0.2) is 5.82 Å². The molecule has 3 aliphatic carbocycles. The van der Waals surface area contributed by atoms with Gasteiger partial charge < -0.3 is 5.11 Å². The molecule has 0 radical (unpaired) electrons. The number of aliphatic hydroxyl groups excluding tert-OH is 1. The topological polar surface area (TPSA) is 63.3 Å². The molecular formula is C29H27FN4O. The number of halogens is 1. The standard InChI is InChI=1S/C29H27FN4O/c1-16-21-12-11-20-25(19-6-4-5-7-22(19)30)33-28(18-10-13-23(32-15-18)17-8-9-17)34-27(20)29(21,2)14-24(31-3)26(16)35/h4-7,10,13,15-17,21,35H,8-9,11-12,14H2,1-2H3/t16-,21-,29-/m1/s1. The SMILES string of the molecule is [C-]#[N+]C1=C(O)[C@H](C)[C@H]2CCc3c(-c4ccccc4F)nc(-c4ccc(C5CC5)nc4)nc3[C@]2(C)C1. The summed E-state index contributed by atoms with van der Waals surface area (Å²) in [6, 6.07) is 10.8. The Morgan fingerprint density at radius 1 is 1.11 bits per heavy atom. The third-order valence-corrected chi connectivity index (χ3v) is 8.24. The number of nitrogens with zero attached hydrogens (tertiary/aromatic N) is 4. The summed E-state index contributed by atoms with van der Waals surface area (Å²) < 4.78 is 15.0. The Labute approximate surface area is 204 Å². The Hall–Kier alpha value is -3.59. The van der Waals surface area contributed by atoms with E-state index in [9.17, 15) is 5.11 Å². The first-order valence-electron chi connectivity index (χ1n) is 12.3. The molecule has 35 heavy (non-hydrogen) atoms. The van der Waals surface area contributed by atoms with E-state index in [4.69, 9.17) is 16.5 Å². The highest BCUT2D eigenvalue weighted by Crippen LogP contribution is 2.54. The molecule has 6 heteroatoms. The molecular weight excluding hydrogens is 439 g/mol. The maximum atomic E-state index is 15.0. The highest BCUT2D eigenvalue weighted by atomic mass is 19.1. The molecule has 3 aliphatic rings. The van der Waals surface area contributed by atoms with Gasteiger partial charge in [-0.05, 0) is 62.3 Å². The lowest BCUT2D eigenvalue weighted by molar-refractivity contribution is 0.135. The van der Waals surface area contributed by atoms with Crippen LogP contribution in [0.1, 0.15) is 62.4 Å². The number of rotatable bonds is 3. The van der Waals surface area contributed by atoms with Gasteiger partial charge in [-0.1, -0.05) is 26.0 Å². The summed E-state index contributed by atoms with van der Waals surface area (Å²) in [5, 5.41) is 10.7. The van der Waals surface area contributed by atoms with Crippen molar-refractivity contribution in [3.8, 4) is 22.6 Å². The fourth-order valence-corrected chi connectivity index (χ4v) is 6.16. The largest absolute Gasteiger partial charge is 0.523 e. The first-order valence-corrected chi connectivity index (χ1v) is 12.3. The van der Waals surface area contributed by atoms with Crippen LogP contribution in [0, 0.1) is 24.2 Å². The van der Waals surface area contributed by atoms with Crippen molar-refractivity contribution in [1.29, 1.82) is 0 Å². The molecule has 3 atom stereocenters. The number of hydrogen-bond donors (Lipinski definition) is 1. The van der Waals surface area contributed by atoms with Crippen molar-refractivity contribution in [1.82, 2.24) is 15.0 Å². The van der Waals surface area contributed by atoms with Gasteiger partial charge in [0.05, 0.1) is 23.7 Å². The van der Waals surface area contributed by atoms with Crippen LogP contribution in [0.5, 0.6) is 0 Å². The number of benzene rings is 1. The zero-order chi connectivity index (χ0) is 24.3. The van der Waals surface area contributed by atoms with Crippen molar-refractivity contribution in [2.45, 2.75) is 57.3 Å². The summed E-state index contributed by atoms with van der Waals surface area (Å²) in [6.07, 6.45) is 6.12. The molecule has 0 bridgehead atoms. The highest BCUT2D eigenvalue weighted by molar-refractivity contribution is 5.69. The highest BCUT2D eigenvalue weighted by Gasteiger charge is 2.50. The predicted molar refractivity (Wildman–Crippen MR) is 132 cm³/mol. The van der Waals surface area contributed by atoms with Crippen LogP contribution in [-0.2, 0) is 11.8 Å². The van der Waals surface area contributed by atoms with Crippen molar-refractivity contribution >= 4 is 0 Å². The van der Waals surface area contributed by atoms with Crippen molar-refractivity contribution < 1.29 is 9.50 Å². The van der Waals surface area contributed by atoms with E-state index in [1.165, 1.54) is 18.9 Å². The number of hydrogen-bond acceptors (Lipinski definition) is 4. The number of allylic oxidation sites excluding steroid dienone is 2. The van der Waals surface area contributed by atoms with E-state index in [1.54, 1.807) is 12.1 Å². The zero-order valence-corrected chi connectivity index (χ0v) is 19.9. The van der Waals surface area contributed by atoms with Crippen LogP contribution >= 0.6 is 0 Å². The van der Waals surface area contributed by atoms with Crippen molar-refractivity contribution in [2.24, 2.45) is 11.8 Å². The second kappa shape index (κ2) is 7.98. The molecule has 1 N–H and O–H groups in total. The minimum absolute atomic E-state index is 0.132. The molecule has 6 rings (SSSR count). The van der Waals surface area contributed by atoms with Crippen molar-refractivity contribution in [3.05, 3.63) is 88.2 Å². The van der Waals surface area contributed by atoms with E-state index in [2.05, 4.69) is 16.8 Å². The smallest absolute Gasteiger partial charge is 0.203 e. The monoisotopic (exact) mass is 466 g/mol. The fraction of sp³-hybridized carbons (Fsp3) is 0.379. The lowest BCUT2D eigenvalue weighted by Crippen LogP contribution is -2.45. The lowest BCUT2D eigenvalue weighted by atomic mass is 9.57. The van der Waals surface area contributed by atoms with Gasteiger partial charge in [-0.15, -0.1) is 0 Å². The van der Waals surface area contributed by atoms with Crippen LogP contribution < -0.4 is 0 Å². The summed E-state index contributed by atoms with van der Waals surface area (Å²) in [4.78, 5) is 18.3. The number of aliphatic hydroxyl groups is 1. The lowest BCUT2D eigenvalue weighted by Gasteiger charge is -2.48. The molecule has 0 spiro atoms. The number of fused-ring (bicyclic) bond motifs is 3. The Kier molecular flexibility index (Phi) is 5.00. The van der Waals surface area contributed by atoms with Crippen LogP contribution in [0.15, 0.2) is 54.1 Å². The number of pyridine rings is 1. The Morgan fingerprint density at radius 3 is 2.60 bits per heavy atom. The third-order valence-electron chi connectivity index (χ3n) is 8.24. The number of aromatic nitrogens is 3. The van der Waals surface area contributed by atoms with Crippen LogP contribution in [-0.4, -0.2) is 20.1 Å². The molecule has 2 heterocycles. The van der Waals surface area contributed by atoms with Gasteiger partial charge in [-0.25, -0.2) is 19.2 Å². The molecule has 1 fully saturated rings. The molecule has 0 saturated heterocycles. The first-order chi connectivity index (χ1) is 16.9. The maximum Gasteiger partial charge on any atom is 0.203 e. The van der Waals surface area contributed by atoms with E-state index in [1.807, 2.05) is 31.3 Å². The van der Waals surface area contributed by atoms with Gasteiger partial charge in [0, 0.05) is 45.8 Å². The summed E-state index contributed by atoms with van der Waals surface area (Å²) in [5.41, 5.74) is 4.71. The molecule has 1 aromatic carbocycles. The van der Waals surface area contributed by atoms with Crippen LogP contribution in [0.25, 0.3) is 27.5 Å². The van der Waals surface area contributed by atoms with E-state index in [-0.39, 0.29) is 23.4 Å². The van der Waals surface area contributed by atoms with Gasteiger partial charge in [-0.3, -0.25) is 4.98 Å². The molecule has 0 unspecified atom stereocenters. The van der Waals surface area contributed by atoms with Crippen LogP contribution in [0.4, 0.5) is 4.39 Å². The average Bonchev–Trinajstić information content (AvgIpc) is 3.72. The van der Waals surface area contributed by atoms with Gasteiger partial charge in [-0.2, -0.15) is 0 Å². The second-order valence-electron chi connectivity index (χ2n) is 10.4. The van der Waals surface area contributed by atoms with Crippen LogP contribution in [0.2, 0.25) is 0 Å². The first kappa shape index (κ1) is 21.9. The van der Waals surface area contributed by atoms with E-state index < -0.39 is 5.41 Å². The molecule has 176 valence electrons. The van der Waals surface area contributed by atoms with E-state index in [0.29, 0.717) is 41.5 Å². The quantitative estimate of drug-likeness (QED) is 0.433. The predicted octanol–water partition coefficient (Wildman–Crippen LogP) is 6.77. The van der Waals surface area contributed by atoms with Gasteiger partial charge in [0.2, 0.25) is 5.70 Å². The zero-order valence-electron chi connectivity index (χ0n) is 19.9. The summed E-state index contributed by atoms with van der Waals surface area (Å²) in [6.45, 7) is 11.8. The van der Waals surface area contributed by atoms with E-state index >= 15 is 4.39 Å². The summed E-state index contributed by atoms with van der Waals surface area (Å²) in [7, 11) is 0. The summed E-state index contributed by atoms with van der Waals surface area (Å²) >= 11 is 0. The third kappa shape index (κ3) is 3.44. The molecule has 1 saturated carbocycles. The maximum absolute atomic E-state index is 15.0. The van der Waals surface area contributed by atoms with Crippen molar-refractivity contribution in [2.75, 3.05) is 0 Å². The molecule has 3 aromatic rings. The fourth-order valence-electron chi connectivity index (χ4n) is 6.16. The molecule has 5 nitrogen and oxygen atoms in total. The molecule has 0 amide bonds. The molecule has 0 aliphatic heterocycles. The Bertz CT molecular complexity index is 1400. The van der Waals surface area contributed by atoms with Gasteiger partial charge in [0.25, 0.3) is 0 Å². The normalized spacial score (nSPS) is 25.5. The Balaban J connectivity index is 1.57. The van der Waals surface area contributed by atoms with E-state index in [0.717, 1.165) is 28.9 Å². The van der Waals surface area contributed by atoms with Gasteiger partial charge >= 0.3 is 0 Å². The van der Waals surface area contributed by atoms with Crippen LogP contribution in [0.3, 0.4) is 0 Å². The summed E-state index contributed by atoms with van der Waals surface area (Å²) in [5.74, 6) is 0.958. The van der Waals surface area contributed by atoms with Gasteiger partial charge in [0.1, 0.15) is 5.82 Å². The Morgan fingerprint density at radius 2 is 1.91 bits per heavy atom. The minimum atomic E-state index is -0.460. The average molecular weight is 467 g/mol. The molecule has 2 aromatic heterocycles. The second-order valence-corrected chi connectivity index (χ2v) is 10.4.